The van der Waals surface area contributed by atoms with Gasteiger partial charge >= 0.3 is 0 Å². The standard InChI is InChI=1S/C14H20N2O2/c1-4-10(9(2)3)12-8-15-14-11(12)6-5-7-13(14)16(17)18/h5-7,9-10,12,15H,4,8H2,1-3H3. The number of benzene rings is 1. The smallest absolute Gasteiger partial charge is 0.292 e. The largest absolute Gasteiger partial charge is 0.379 e. The molecule has 98 valence electrons. The van der Waals surface area contributed by atoms with Gasteiger partial charge in [-0.25, -0.2) is 0 Å². The molecular formula is C14H20N2O2. The van der Waals surface area contributed by atoms with Gasteiger partial charge in [-0.1, -0.05) is 39.3 Å². The summed E-state index contributed by atoms with van der Waals surface area (Å²) in [6.07, 6.45) is 1.10. The summed E-state index contributed by atoms with van der Waals surface area (Å²) in [6.45, 7) is 7.46. The number of hydrogen-bond acceptors (Lipinski definition) is 3. The van der Waals surface area contributed by atoms with Gasteiger partial charge in [-0.2, -0.15) is 0 Å². The molecule has 2 rings (SSSR count). The number of nitrogens with one attached hydrogen (secondary N) is 1. The van der Waals surface area contributed by atoms with Gasteiger partial charge in [-0.05, 0) is 17.4 Å². The molecule has 18 heavy (non-hydrogen) atoms. The number of anilines is 1. The lowest BCUT2D eigenvalue weighted by Crippen LogP contribution is -2.19. The SMILES string of the molecule is CCC(C(C)C)C1CNc2c1cccc2[N+](=O)[O-]. The van der Waals surface area contributed by atoms with E-state index in [1.807, 2.05) is 6.07 Å². The highest BCUT2D eigenvalue weighted by atomic mass is 16.6. The van der Waals surface area contributed by atoms with Gasteiger partial charge in [0.2, 0.25) is 0 Å². The van der Waals surface area contributed by atoms with Crippen LogP contribution < -0.4 is 5.32 Å². The summed E-state index contributed by atoms with van der Waals surface area (Å²) < 4.78 is 0. The van der Waals surface area contributed by atoms with Gasteiger partial charge in [0.05, 0.1) is 4.92 Å². The zero-order valence-corrected chi connectivity index (χ0v) is 11.1. The molecule has 4 heteroatoms. The van der Waals surface area contributed by atoms with Crippen LogP contribution in [0.4, 0.5) is 11.4 Å². The van der Waals surface area contributed by atoms with Crippen molar-refractivity contribution in [3.63, 3.8) is 0 Å². The van der Waals surface area contributed by atoms with Crippen molar-refractivity contribution in [1.29, 1.82) is 0 Å². The second kappa shape index (κ2) is 4.96. The Balaban J connectivity index is 2.39. The van der Waals surface area contributed by atoms with E-state index in [9.17, 15) is 10.1 Å². The number of fused-ring (bicyclic) bond motifs is 1. The number of nitro groups is 1. The minimum absolute atomic E-state index is 0.202. The van der Waals surface area contributed by atoms with Crippen molar-refractivity contribution in [1.82, 2.24) is 0 Å². The number of para-hydroxylation sites is 1. The van der Waals surface area contributed by atoms with Crippen LogP contribution in [0.25, 0.3) is 0 Å². The molecule has 0 fully saturated rings. The molecule has 1 aromatic carbocycles. The first kappa shape index (κ1) is 12.9. The topological polar surface area (TPSA) is 55.2 Å². The predicted molar refractivity (Wildman–Crippen MR) is 72.9 cm³/mol. The van der Waals surface area contributed by atoms with E-state index in [0.29, 0.717) is 17.8 Å². The molecule has 1 aliphatic rings. The van der Waals surface area contributed by atoms with Gasteiger partial charge in [0.25, 0.3) is 5.69 Å². The lowest BCUT2D eigenvalue weighted by Gasteiger charge is -2.25. The first-order valence-electron chi connectivity index (χ1n) is 6.57. The second-order valence-electron chi connectivity index (χ2n) is 5.30. The maximum atomic E-state index is 11.0. The van der Waals surface area contributed by atoms with Crippen LogP contribution in [0.15, 0.2) is 18.2 Å². The van der Waals surface area contributed by atoms with Crippen molar-refractivity contribution >= 4 is 11.4 Å². The van der Waals surface area contributed by atoms with Crippen molar-refractivity contribution in [2.45, 2.75) is 33.1 Å². The molecule has 0 bridgehead atoms. The van der Waals surface area contributed by atoms with Crippen LogP contribution in [0.3, 0.4) is 0 Å². The van der Waals surface area contributed by atoms with Crippen LogP contribution in [-0.4, -0.2) is 11.5 Å². The first-order valence-corrected chi connectivity index (χ1v) is 6.57. The van der Waals surface area contributed by atoms with Gasteiger partial charge < -0.3 is 5.32 Å². The van der Waals surface area contributed by atoms with E-state index in [2.05, 4.69) is 26.1 Å². The molecular weight excluding hydrogens is 228 g/mol. The molecule has 1 aromatic rings. The highest BCUT2D eigenvalue weighted by Gasteiger charge is 2.34. The van der Waals surface area contributed by atoms with E-state index < -0.39 is 0 Å². The third kappa shape index (κ3) is 2.07. The molecule has 0 radical (unpaired) electrons. The van der Waals surface area contributed by atoms with Crippen LogP contribution in [0.5, 0.6) is 0 Å². The monoisotopic (exact) mass is 248 g/mol. The Labute approximate surface area is 108 Å². The van der Waals surface area contributed by atoms with E-state index in [1.165, 1.54) is 0 Å². The summed E-state index contributed by atoms with van der Waals surface area (Å²) in [5.74, 6) is 1.55. The van der Waals surface area contributed by atoms with E-state index >= 15 is 0 Å². The van der Waals surface area contributed by atoms with Crippen LogP contribution in [-0.2, 0) is 0 Å². The summed E-state index contributed by atoms with van der Waals surface area (Å²) >= 11 is 0. The molecule has 1 aliphatic heterocycles. The number of rotatable bonds is 4. The summed E-state index contributed by atoms with van der Waals surface area (Å²) in [6, 6.07) is 5.40. The van der Waals surface area contributed by atoms with Crippen molar-refractivity contribution in [2.24, 2.45) is 11.8 Å². The normalized spacial score (nSPS) is 19.4. The lowest BCUT2D eigenvalue weighted by atomic mass is 9.79. The van der Waals surface area contributed by atoms with Gasteiger partial charge in [0, 0.05) is 18.5 Å². The highest BCUT2D eigenvalue weighted by Crippen LogP contribution is 2.44. The van der Waals surface area contributed by atoms with Crippen LogP contribution >= 0.6 is 0 Å². The van der Waals surface area contributed by atoms with Crippen molar-refractivity contribution in [3.05, 3.63) is 33.9 Å². The summed E-state index contributed by atoms with van der Waals surface area (Å²) in [5, 5.41) is 14.2. The van der Waals surface area contributed by atoms with E-state index in [1.54, 1.807) is 12.1 Å². The van der Waals surface area contributed by atoms with E-state index in [0.717, 1.165) is 24.2 Å². The average molecular weight is 248 g/mol. The van der Waals surface area contributed by atoms with Crippen molar-refractivity contribution in [3.8, 4) is 0 Å². The van der Waals surface area contributed by atoms with Gasteiger partial charge in [0.15, 0.2) is 0 Å². The Hall–Kier alpha value is -1.58. The molecule has 0 aliphatic carbocycles. The fourth-order valence-electron chi connectivity index (χ4n) is 3.14. The maximum Gasteiger partial charge on any atom is 0.292 e. The van der Waals surface area contributed by atoms with Crippen molar-refractivity contribution < 1.29 is 4.92 Å². The first-order chi connectivity index (χ1) is 8.56. The third-order valence-corrected chi connectivity index (χ3v) is 4.01. The van der Waals surface area contributed by atoms with E-state index in [-0.39, 0.29) is 10.6 Å². The average Bonchev–Trinajstić information content (AvgIpc) is 2.73. The number of hydrogen-bond donors (Lipinski definition) is 1. The fourth-order valence-corrected chi connectivity index (χ4v) is 3.14. The number of nitrogens with zero attached hydrogens (tertiary/aromatic N) is 1. The Morgan fingerprint density at radius 3 is 2.78 bits per heavy atom. The highest BCUT2D eigenvalue weighted by molar-refractivity contribution is 5.70. The molecule has 2 unspecified atom stereocenters. The minimum atomic E-state index is -0.301. The van der Waals surface area contributed by atoms with E-state index in [4.69, 9.17) is 0 Å². The Morgan fingerprint density at radius 2 is 2.22 bits per heavy atom. The Kier molecular flexibility index (Phi) is 3.55. The molecule has 0 saturated heterocycles. The van der Waals surface area contributed by atoms with Crippen LogP contribution in [0, 0.1) is 22.0 Å². The summed E-state index contributed by atoms with van der Waals surface area (Å²) in [5.41, 5.74) is 2.05. The molecule has 0 spiro atoms. The Bertz CT molecular complexity index is 457. The van der Waals surface area contributed by atoms with Crippen LogP contribution in [0.2, 0.25) is 0 Å². The molecule has 4 nitrogen and oxygen atoms in total. The Morgan fingerprint density at radius 1 is 1.50 bits per heavy atom. The molecule has 1 N–H and O–H groups in total. The molecule has 0 amide bonds. The van der Waals surface area contributed by atoms with Gasteiger partial charge in [-0.3, -0.25) is 10.1 Å². The maximum absolute atomic E-state index is 11.0. The molecule has 0 saturated carbocycles. The molecule has 1 heterocycles. The fraction of sp³-hybridized carbons (Fsp3) is 0.571. The van der Waals surface area contributed by atoms with Crippen LogP contribution in [0.1, 0.15) is 38.7 Å². The molecule has 2 atom stereocenters. The predicted octanol–water partition coefficient (Wildman–Crippen LogP) is 3.79. The summed E-state index contributed by atoms with van der Waals surface area (Å²) in [4.78, 5) is 10.7. The third-order valence-electron chi connectivity index (χ3n) is 4.01. The van der Waals surface area contributed by atoms with Gasteiger partial charge in [-0.15, -0.1) is 0 Å². The molecule has 0 aromatic heterocycles. The van der Waals surface area contributed by atoms with Gasteiger partial charge in [0.1, 0.15) is 5.69 Å². The lowest BCUT2D eigenvalue weighted by molar-refractivity contribution is -0.383. The zero-order valence-electron chi connectivity index (χ0n) is 11.1. The minimum Gasteiger partial charge on any atom is -0.379 e. The second-order valence-corrected chi connectivity index (χ2v) is 5.30. The van der Waals surface area contributed by atoms with Crippen molar-refractivity contribution in [2.75, 3.05) is 11.9 Å². The quantitative estimate of drug-likeness (QED) is 0.651. The summed E-state index contributed by atoms with van der Waals surface area (Å²) in [7, 11) is 0. The number of nitro benzene ring substituents is 1. The zero-order chi connectivity index (χ0) is 13.3.